The molecule has 21 nitrogen and oxygen atoms in total. The molecule has 4 N–H and O–H groups in total. The average Bonchev–Trinajstić information content (AvgIpc) is 4.14. The maximum absolute atomic E-state index is 15.6. The van der Waals surface area contributed by atoms with Crippen LogP contribution in [-0.2, 0) is 42.6 Å². The number of nitrogens with two attached hydrogens (primary N) is 1. The molecule has 2 aliphatic heterocycles. The van der Waals surface area contributed by atoms with Crippen LogP contribution in [0.4, 0.5) is 30.8 Å². The number of aromatic nitrogens is 7. The number of hydrogen-bond acceptors (Lipinski definition) is 15. The van der Waals surface area contributed by atoms with Gasteiger partial charge < -0.3 is 44.7 Å². The van der Waals surface area contributed by atoms with Gasteiger partial charge >= 0.3 is 23.7 Å². The van der Waals surface area contributed by atoms with Crippen molar-refractivity contribution in [1.29, 1.82) is 0 Å². The molecule has 0 aliphatic carbocycles. The van der Waals surface area contributed by atoms with Crippen LogP contribution in [0.3, 0.4) is 0 Å². The number of piperazine rings is 1. The van der Waals surface area contributed by atoms with Crippen LogP contribution in [0.5, 0.6) is 5.75 Å². The second-order valence-corrected chi connectivity index (χ2v) is 18.5. The summed E-state index contributed by atoms with van der Waals surface area (Å²) in [4.78, 5) is 59.6. The van der Waals surface area contributed by atoms with Gasteiger partial charge in [0.2, 0.25) is 12.6 Å². The third-order valence-corrected chi connectivity index (χ3v) is 13.3. The lowest BCUT2D eigenvalue weighted by molar-refractivity contribution is -0.753. The van der Waals surface area contributed by atoms with Gasteiger partial charge in [-0.15, -0.1) is 4.68 Å². The molecule has 2 fully saturated rings. The molecule has 23 heteroatoms. The van der Waals surface area contributed by atoms with Gasteiger partial charge in [-0.1, -0.05) is 19.1 Å². The summed E-state index contributed by atoms with van der Waals surface area (Å²) in [5.41, 5.74) is 7.17. The van der Waals surface area contributed by atoms with Gasteiger partial charge in [-0.25, -0.2) is 32.6 Å². The summed E-state index contributed by atoms with van der Waals surface area (Å²) in [6.07, 6.45) is 3.87. The Morgan fingerprint density at radius 2 is 1.65 bits per heavy atom. The van der Waals surface area contributed by atoms with Gasteiger partial charge in [-0.05, 0) is 80.4 Å². The molecule has 392 valence electrons. The fourth-order valence-corrected chi connectivity index (χ4v) is 9.24. The molecule has 0 spiro atoms. The topological polar surface area (TPSA) is 239 Å². The molecule has 0 bridgehead atoms. The predicted octanol–water partition coefficient (Wildman–Crippen LogP) is 4.50. The fraction of sp³-hybridized carbons (Fsp3) is 0.412. The maximum Gasteiger partial charge on any atom is 0.418 e. The summed E-state index contributed by atoms with van der Waals surface area (Å²) in [6, 6.07) is 20.4. The Hall–Kier alpha value is -7.76. The highest BCUT2D eigenvalue weighted by molar-refractivity contribution is 5.86. The number of ether oxygens (including phenoxy) is 4. The lowest BCUT2D eigenvalue weighted by Gasteiger charge is -2.37. The second-order valence-electron chi connectivity index (χ2n) is 18.5. The Labute approximate surface area is 424 Å². The highest BCUT2D eigenvalue weighted by Crippen LogP contribution is 2.42. The number of aliphatic hydroxyl groups excluding tert-OH is 1. The van der Waals surface area contributed by atoms with E-state index < -0.39 is 66.1 Å². The number of nitrogens with zero attached hydrogens (tertiary/aromatic N) is 10. The number of amides is 1. The van der Waals surface area contributed by atoms with Crippen molar-refractivity contribution in [1.82, 2.24) is 29.1 Å². The minimum absolute atomic E-state index is 0.0269. The highest BCUT2D eigenvalue weighted by atomic mass is 19.1. The van der Waals surface area contributed by atoms with Gasteiger partial charge in [-0.2, -0.15) is 9.67 Å². The van der Waals surface area contributed by atoms with Gasteiger partial charge in [0.25, 0.3) is 6.33 Å². The molecule has 6 aromatic rings. The summed E-state index contributed by atoms with van der Waals surface area (Å²) in [7, 11) is 1.42. The molecule has 2 saturated heterocycles. The molecule has 74 heavy (non-hydrogen) atoms. The van der Waals surface area contributed by atoms with E-state index in [1.165, 1.54) is 56.5 Å². The Morgan fingerprint density at radius 3 is 2.30 bits per heavy atom. The van der Waals surface area contributed by atoms with Crippen LogP contribution < -0.4 is 35.4 Å². The van der Waals surface area contributed by atoms with E-state index in [1.807, 2.05) is 55.5 Å². The number of carboxylic acids is 1. The summed E-state index contributed by atoms with van der Waals surface area (Å²) < 4.78 is 59.3. The smallest absolute Gasteiger partial charge is 0.418 e. The van der Waals surface area contributed by atoms with Crippen LogP contribution in [0.25, 0.3) is 5.69 Å². The Bertz CT molecular complexity index is 2960. The number of aliphatic hydroxyl groups is 1. The first-order valence-electron chi connectivity index (χ1n) is 24.2. The van der Waals surface area contributed by atoms with Crippen molar-refractivity contribution in [3.8, 4) is 11.4 Å². The van der Waals surface area contributed by atoms with E-state index in [4.69, 9.17) is 29.8 Å². The standard InChI is InChI=1S/C51H59F2N11O10/c1-5-45(33(2)65)64-49(69)63(31-57-64)40-11-9-38(10-12-40)59-19-21-60(22-20-59)39-13-15-41(16-14-39)71-26-35-25-51(73-27-35,42-17-8-37(52)23-43(42)53)29-62-32-61(30-56-62)34(3)74-50(70)58(4)47-36(7-6-18-55-47)28-72-46(66)24-44(54)48(67)68/h6-18,23,30-35,44-45,65H,5,19-22,24-29,54H2,1-4H3/p+1/t33-,34?,35+,44?,45-,51-/m0/s1. The van der Waals surface area contributed by atoms with Gasteiger partial charge in [0.15, 0.2) is 0 Å². The molecule has 6 atom stereocenters. The molecule has 3 aromatic heterocycles. The van der Waals surface area contributed by atoms with Crippen molar-refractivity contribution in [3.63, 3.8) is 0 Å². The van der Waals surface area contributed by atoms with Gasteiger partial charge in [0, 0.05) is 85.9 Å². The third kappa shape index (κ3) is 12.0. The number of hydrogen-bond donors (Lipinski definition) is 3. The Kier molecular flexibility index (Phi) is 16.3. The lowest BCUT2D eigenvalue weighted by Crippen LogP contribution is -2.46. The molecule has 2 aliphatic rings. The molecule has 1 amide bonds. The number of anilines is 3. The van der Waals surface area contributed by atoms with Crippen LogP contribution in [-0.4, -0.2) is 116 Å². The van der Waals surface area contributed by atoms with E-state index in [9.17, 15) is 28.7 Å². The Morgan fingerprint density at radius 1 is 0.973 bits per heavy atom. The van der Waals surface area contributed by atoms with E-state index in [0.29, 0.717) is 29.8 Å². The number of carbonyl (C=O) groups excluding carboxylic acids is 2. The number of rotatable bonds is 20. The van der Waals surface area contributed by atoms with Gasteiger partial charge in [-0.3, -0.25) is 14.5 Å². The average molecular weight is 1030 g/mol. The zero-order chi connectivity index (χ0) is 52.7. The van der Waals surface area contributed by atoms with Crippen molar-refractivity contribution < 1.29 is 56.9 Å². The fourth-order valence-electron chi connectivity index (χ4n) is 9.24. The number of halogens is 2. The van der Waals surface area contributed by atoms with Crippen LogP contribution in [0.1, 0.15) is 63.4 Å². The molecular weight excluding hydrogens is 965 g/mol. The SMILES string of the molecule is CC[C@@H]([C@H](C)O)n1ncn(-c2ccc(N3CCN(c4ccc(OC[C@@H]5CO[C@@](Cn6c[n+](C(C)OC(=O)N(C)c7ncccc7COC(=O)CC(N)C(=O)O)cn6)(c6ccc(F)cc6F)C5)cc4)CC3)cc2)c1=O. The lowest BCUT2D eigenvalue weighted by atomic mass is 9.87. The van der Waals surface area contributed by atoms with Crippen LogP contribution in [0, 0.1) is 17.6 Å². The molecule has 0 saturated carbocycles. The first-order valence-corrected chi connectivity index (χ1v) is 24.2. The normalized spacial score (nSPS) is 18.4. The van der Waals surface area contributed by atoms with Crippen molar-refractivity contribution in [2.45, 2.75) is 83.2 Å². The minimum atomic E-state index is -1.43. The molecule has 8 rings (SSSR count). The van der Waals surface area contributed by atoms with E-state index in [1.54, 1.807) is 32.3 Å². The van der Waals surface area contributed by atoms with Crippen molar-refractivity contribution in [2.24, 2.45) is 11.7 Å². The summed E-state index contributed by atoms with van der Waals surface area (Å²) >= 11 is 0. The number of aliphatic carboxylic acids is 1. The molecule has 2 unspecified atom stereocenters. The van der Waals surface area contributed by atoms with Crippen LogP contribution >= 0.6 is 0 Å². The molecule has 5 heterocycles. The van der Waals surface area contributed by atoms with Crippen LogP contribution in [0.2, 0.25) is 0 Å². The zero-order valence-electron chi connectivity index (χ0n) is 41.4. The highest BCUT2D eigenvalue weighted by Gasteiger charge is 2.46. The maximum atomic E-state index is 15.6. The van der Waals surface area contributed by atoms with Crippen molar-refractivity contribution >= 4 is 35.2 Å². The zero-order valence-corrected chi connectivity index (χ0v) is 41.4. The number of carboxylic acid groups (broad SMARTS) is 1. The number of pyridine rings is 1. The molecular formula is C51H60F2N11O10+. The number of carbonyl (C=O) groups is 3. The van der Waals surface area contributed by atoms with Crippen LogP contribution in [0.15, 0.2) is 109 Å². The number of benzene rings is 3. The summed E-state index contributed by atoms with van der Waals surface area (Å²) in [5.74, 6) is -3.07. The van der Waals surface area contributed by atoms with E-state index >= 15 is 4.39 Å². The number of esters is 1. The predicted molar refractivity (Wildman–Crippen MR) is 264 cm³/mol. The summed E-state index contributed by atoms with van der Waals surface area (Å²) in [6.45, 7) is 8.53. The third-order valence-electron chi connectivity index (χ3n) is 13.3. The van der Waals surface area contributed by atoms with E-state index in [2.05, 4.69) is 25.0 Å². The van der Waals surface area contributed by atoms with Crippen molar-refractivity contribution in [3.05, 3.63) is 137 Å². The van der Waals surface area contributed by atoms with Crippen molar-refractivity contribution in [2.75, 3.05) is 61.1 Å². The monoisotopic (exact) mass is 1020 g/mol. The van der Waals surface area contributed by atoms with Gasteiger partial charge in [0.05, 0.1) is 37.5 Å². The minimum Gasteiger partial charge on any atom is -0.493 e. The molecule has 0 radical (unpaired) electrons. The van der Waals surface area contributed by atoms with E-state index in [-0.39, 0.29) is 49.4 Å². The molecule has 3 aromatic carbocycles. The largest absolute Gasteiger partial charge is 0.493 e. The Balaban J connectivity index is 0.844. The quantitative estimate of drug-likeness (QED) is 0.0705. The second kappa shape index (κ2) is 23.0. The summed E-state index contributed by atoms with van der Waals surface area (Å²) in [5, 5.41) is 27.8. The first kappa shape index (κ1) is 52.6. The first-order chi connectivity index (χ1) is 35.5. The van der Waals surface area contributed by atoms with E-state index in [0.717, 1.165) is 48.5 Å². The van der Waals surface area contributed by atoms with Gasteiger partial charge in [0.1, 0.15) is 54.3 Å².